The normalized spacial score (nSPS) is 26.1. The van der Waals surface area contributed by atoms with Crippen molar-refractivity contribution in [2.75, 3.05) is 0 Å². The summed E-state index contributed by atoms with van der Waals surface area (Å²) in [6.45, 7) is 2.30. The van der Waals surface area contributed by atoms with Gasteiger partial charge in [0.2, 0.25) is 0 Å². The Bertz CT molecular complexity index is 392. The highest BCUT2D eigenvalue weighted by atomic mass is 35.5. The lowest BCUT2D eigenvalue weighted by molar-refractivity contribution is 0.343. The Hall–Kier alpha value is -0.240. The van der Waals surface area contributed by atoms with Crippen LogP contribution in [0.1, 0.15) is 31.7 Å². The first-order valence-electron chi connectivity index (χ1n) is 6.27. The zero-order chi connectivity index (χ0) is 12.4. The first-order chi connectivity index (χ1) is 8.08. The largest absolute Gasteiger partial charge is 0.327 e. The van der Waals surface area contributed by atoms with Gasteiger partial charge in [0, 0.05) is 16.1 Å². The number of halogens is 2. The second-order valence-corrected chi connectivity index (χ2v) is 6.02. The quantitative estimate of drug-likeness (QED) is 0.872. The second kappa shape index (κ2) is 5.60. The second-order valence-electron chi connectivity index (χ2n) is 5.18. The molecule has 1 aromatic rings. The van der Waals surface area contributed by atoms with Gasteiger partial charge in [-0.25, -0.2) is 0 Å². The van der Waals surface area contributed by atoms with Crippen molar-refractivity contribution in [1.29, 1.82) is 0 Å². The third-order valence-corrected chi connectivity index (χ3v) is 4.54. The molecule has 2 rings (SSSR count). The molecule has 1 saturated carbocycles. The van der Waals surface area contributed by atoms with Gasteiger partial charge in [-0.3, -0.25) is 0 Å². The standard InChI is InChI=1S/C14H19Cl2N/c1-9-3-2-4-12(9)14(17)8-10-7-11(15)5-6-13(10)16/h5-7,9,12,14H,2-4,8,17H2,1H3. The van der Waals surface area contributed by atoms with Gasteiger partial charge in [-0.1, -0.05) is 43.0 Å². The van der Waals surface area contributed by atoms with Crippen LogP contribution in [0.15, 0.2) is 18.2 Å². The van der Waals surface area contributed by atoms with Crippen molar-refractivity contribution in [2.45, 2.75) is 38.6 Å². The van der Waals surface area contributed by atoms with Crippen LogP contribution in [-0.2, 0) is 6.42 Å². The van der Waals surface area contributed by atoms with Crippen LogP contribution in [0.4, 0.5) is 0 Å². The number of benzene rings is 1. The van der Waals surface area contributed by atoms with Crippen LogP contribution in [0.3, 0.4) is 0 Å². The summed E-state index contributed by atoms with van der Waals surface area (Å²) in [4.78, 5) is 0. The van der Waals surface area contributed by atoms with Gasteiger partial charge in [-0.15, -0.1) is 0 Å². The van der Waals surface area contributed by atoms with E-state index < -0.39 is 0 Å². The van der Waals surface area contributed by atoms with E-state index in [2.05, 4.69) is 6.92 Å². The highest BCUT2D eigenvalue weighted by Crippen LogP contribution is 2.34. The molecule has 0 amide bonds. The van der Waals surface area contributed by atoms with Crippen molar-refractivity contribution < 1.29 is 0 Å². The third kappa shape index (κ3) is 3.15. The first-order valence-corrected chi connectivity index (χ1v) is 7.03. The molecule has 0 aliphatic heterocycles. The van der Waals surface area contributed by atoms with E-state index in [-0.39, 0.29) is 6.04 Å². The Morgan fingerprint density at radius 1 is 1.35 bits per heavy atom. The summed E-state index contributed by atoms with van der Waals surface area (Å²) < 4.78 is 0. The summed E-state index contributed by atoms with van der Waals surface area (Å²) in [6.07, 6.45) is 4.69. The average molecular weight is 272 g/mol. The molecule has 1 fully saturated rings. The first kappa shape index (κ1) is 13.2. The molecule has 1 aliphatic rings. The molecular weight excluding hydrogens is 253 g/mol. The molecule has 0 bridgehead atoms. The van der Waals surface area contributed by atoms with E-state index in [0.717, 1.165) is 27.9 Å². The Balaban J connectivity index is 2.07. The van der Waals surface area contributed by atoms with Gasteiger partial charge in [0.05, 0.1) is 0 Å². The molecule has 0 radical (unpaired) electrons. The molecule has 0 aromatic heterocycles. The van der Waals surface area contributed by atoms with Gasteiger partial charge in [0.1, 0.15) is 0 Å². The molecule has 94 valence electrons. The Morgan fingerprint density at radius 2 is 2.12 bits per heavy atom. The summed E-state index contributed by atoms with van der Waals surface area (Å²) in [5.41, 5.74) is 7.39. The van der Waals surface area contributed by atoms with Crippen molar-refractivity contribution in [3.63, 3.8) is 0 Å². The van der Waals surface area contributed by atoms with Crippen LogP contribution in [0.2, 0.25) is 10.0 Å². The van der Waals surface area contributed by atoms with Crippen LogP contribution < -0.4 is 5.73 Å². The lowest BCUT2D eigenvalue weighted by Crippen LogP contribution is -2.33. The maximum Gasteiger partial charge on any atom is 0.0439 e. The van der Waals surface area contributed by atoms with Crippen LogP contribution in [0, 0.1) is 11.8 Å². The fraction of sp³-hybridized carbons (Fsp3) is 0.571. The molecule has 3 unspecified atom stereocenters. The number of nitrogens with two attached hydrogens (primary N) is 1. The molecule has 0 spiro atoms. The van der Waals surface area contributed by atoms with Crippen molar-refractivity contribution in [3.8, 4) is 0 Å². The Labute approximate surface area is 113 Å². The molecule has 1 aliphatic carbocycles. The zero-order valence-electron chi connectivity index (χ0n) is 10.1. The predicted molar refractivity (Wildman–Crippen MR) is 74.6 cm³/mol. The molecule has 2 N–H and O–H groups in total. The Morgan fingerprint density at radius 3 is 2.76 bits per heavy atom. The predicted octanol–water partition coefficient (Wildman–Crippen LogP) is 4.30. The SMILES string of the molecule is CC1CCCC1C(N)Cc1cc(Cl)ccc1Cl. The molecule has 17 heavy (non-hydrogen) atoms. The lowest BCUT2D eigenvalue weighted by atomic mass is 9.87. The summed E-state index contributed by atoms with van der Waals surface area (Å²) in [6, 6.07) is 5.80. The van der Waals surface area contributed by atoms with Crippen LogP contribution in [0.25, 0.3) is 0 Å². The summed E-state index contributed by atoms with van der Waals surface area (Å²) in [5.74, 6) is 1.37. The fourth-order valence-electron chi connectivity index (χ4n) is 2.92. The summed E-state index contributed by atoms with van der Waals surface area (Å²) in [7, 11) is 0. The summed E-state index contributed by atoms with van der Waals surface area (Å²) in [5, 5.41) is 1.51. The zero-order valence-corrected chi connectivity index (χ0v) is 11.6. The minimum absolute atomic E-state index is 0.198. The highest BCUT2D eigenvalue weighted by molar-refractivity contribution is 6.33. The van der Waals surface area contributed by atoms with Crippen molar-refractivity contribution in [2.24, 2.45) is 17.6 Å². The minimum atomic E-state index is 0.198. The Kier molecular flexibility index (Phi) is 4.35. The van der Waals surface area contributed by atoms with Crippen molar-refractivity contribution >= 4 is 23.2 Å². The summed E-state index contributed by atoms with van der Waals surface area (Å²) >= 11 is 12.2. The van der Waals surface area contributed by atoms with E-state index in [9.17, 15) is 0 Å². The van der Waals surface area contributed by atoms with Crippen LogP contribution >= 0.6 is 23.2 Å². The minimum Gasteiger partial charge on any atom is -0.327 e. The highest BCUT2D eigenvalue weighted by Gasteiger charge is 2.28. The van der Waals surface area contributed by atoms with E-state index in [4.69, 9.17) is 28.9 Å². The monoisotopic (exact) mass is 271 g/mol. The molecule has 3 atom stereocenters. The van der Waals surface area contributed by atoms with E-state index in [1.165, 1.54) is 19.3 Å². The van der Waals surface area contributed by atoms with Gasteiger partial charge < -0.3 is 5.73 Å². The van der Waals surface area contributed by atoms with Crippen LogP contribution in [0.5, 0.6) is 0 Å². The van der Waals surface area contributed by atoms with Crippen molar-refractivity contribution in [1.82, 2.24) is 0 Å². The van der Waals surface area contributed by atoms with Gasteiger partial charge in [-0.2, -0.15) is 0 Å². The smallest absolute Gasteiger partial charge is 0.0439 e. The van der Waals surface area contributed by atoms with E-state index in [0.29, 0.717) is 5.92 Å². The van der Waals surface area contributed by atoms with E-state index in [1.807, 2.05) is 18.2 Å². The van der Waals surface area contributed by atoms with Gasteiger partial charge in [0.15, 0.2) is 0 Å². The van der Waals surface area contributed by atoms with E-state index >= 15 is 0 Å². The molecule has 0 saturated heterocycles. The van der Waals surface area contributed by atoms with Gasteiger partial charge >= 0.3 is 0 Å². The fourth-order valence-corrected chi connectivity index (χ4v) is 3.30. The topological polar surface area (TPSA) is 26.0 Å². The van der Waals surface area contributed by atoms with Crippen molar-refractivity contribution in [3.05, 3.63) is 33.8 Å². The number of rotatable bonds is 3. The maximum atomic E-state index is 6.32. The van der Waals surface area contributed by atoms with E-state index in [1.54, 1.807) is 0 Å². The van der Waals surface area contributed by atoms with Gasteiger partial charge in [-0.05, 0) is 48.4 Å². The molecule has 1 aromatic carbocycles. The lowest BCUT2D eigenvalue weighted by Gasteiger charge is -2.23. The third-order valence-electron chi connectivity index (χ3n) is 3.94. The van der Waals surface area contributed by atoms with Gasteiger partial charge in [0.25, 0.3) is 0 Å². The molecule has 3 heteroatoms. The number of hydrogen-bond donors (Lipinski definition) is 1. The number of hydrogen-bond acceptors (Lipinski definition) is 1. The maximum absolute atomic E-state index is 6.32. The average Bonchev–Trinajstić information content (AvgIpc) is 2.70. The molecule has 0 heterocycles. The van der Waals surface area contributed by atoms with Crippen LogP contribution in [-0.4, -0.2) is 6.04 Å². The molecular formula is C14H19Cl2N. The molecule has 1 nitrogen and oxygen atoms in total.